The van der Waals surface area contributed by atoms with Gasteiger partial charge in [0.15, 0.2) is 0 Å². The molecule has 0 aromatic rings. The van der Waals surface area contributed by atoms with Gasteiger partial charge in [-0.1, -0.05) is 0 Å². The molecule has 1 aliphatic rings. The molecule has 1 fully saturated rings. The maximum Gasteiger partial charge on any atom is 0.225 e. The molecule has 1 rings (SSSR count). The second-order valence-electron chi connectivity index (χ2n) is 4.27. The van der Waals surface area contributed by atoms with Crippen molar-refractivity contribution in [2.45, 2.75) is 32.4 Å². The van der Waals surface area contributed by atoms with E-state index in [2.05, 4.69) is 18.7 Å². The molecule has 1 aliphatic heterocycles. The van der Waals surface area contributed by atoms with Crippen LogP contribution in [0.3, 0.4) is 0 Å². The molecule has 0 spiro atoms. The number of aliphatic hydroxyl groups is 1. The molecule has 1 amide bonds. The Bertz CT molecular complexity index is 206. The summed E-state index contributed by atoms with van der Waals surface area (Å²) in [5.74, 6) is 0.0784. The van der Waals surface area contributed by atoms with Crippen molar-refractivity contribution in [3.63, 3.8) is 0 Å². The van der Waals surface area contributed by atoms with Crippen molar-refractivity contribution in [1.82, 2.24) is 9.80 Å². The molecule has 4 heteroatoms. The Morgan fingerprint density at radius 3 is 2.71 bits per heavy atom. The third-order valence-electron chi connectivity index (χ3n) is 2.80. The first-order valence-electron chi connectivity index (χ1n) is 5.16. The molecule has 4 nitrogen and oxygen atoms in total. The third-order valence-corrected chi connectivity index (χ3v) is 2.80. The SMILES string of the molecule is CC(C)N(C)CCN1CC(O)CC1=O. The van der Waals surface area contributed by atoms with Crippen LogP contribution in [0, 0.1) is 0 Å². The minimum atomic E-state index is -0.452. The monoisotopic (exact) mass is 200 g/mol. The molecule has 0 aromatic heterocycles. The summed E-state index contributed by atoms with van der Waals surface area (Å²) in [4.78, 5) is 15.2. The fourth-order valence-corrected chi connectivity index (χ4v) is 1.50. The van der Waals surface area contributed by atoms with Gasteiger partial charge in [-0.05, 0) is 20.9 Å². The molecule has 0 radical (unpaired) electrons. The van der Waals surface area contributed by atoms with Gasteiger partial charge < -0.3 is 14.9 Å². The predicted molar refractivity (Wildman–Crippen MR) is 55.0 cm³/mol. The maximum atomic E-state index is 11.3. The zero-order valence-electron chi connectivity index (χ0n) is 9.23. The molecule has 0 aliphatic carbocycles. The highest BCUT2D eigenvalue weighted by atomic mass is 16.3. The standard InChI is InChI=1S/C10H20N2O2/c1-8(2)11(3)4-5-12-7-9(13)6-10(12)14/h8-9,13H,4-7H2,1-3H3. The van der Waals surface area contributed by atoms with Crippen molar-refractivity contribution in [3.05, 3.63) is 0 Å². The second kappa shape index (κ2) is 4.75. The molecule has 82 valence electrons. The van der Waals surface area contributed by atoms with E-state index in [-0.39, 0.29) is 5.91 Å². The lowest BCUT2D eigenvalue weighted by Crippen LogP contribution is -2.37. The number of amides is 1. The van der Waals surface area contributed by atoms with E-state index >= 15 is 0 Å². The van der Waals surface area contributed by atoms with Crippen LogP contribution in [0.5, 0.6) is 0 Å². The lowest BCUT2D eigenvalue weighted by Gasteiger charge is -2.24. The van der Waals surface area contributed by atoms with Crippen molar-refractivity contribution >= 4 is 5.91 Å². The first kappa shape index (κ1) is 11.5. The van der Waals surface area contributed by atoms with Gasteiger partial charge in [0.2, 0.25) is 5.91 Å². The highest BCUT2D eigenvalue weighted by molar-refractivity contribution is 5.78. The molecule has 1 unspecified atom stereocenters. The Morgan fingerprint density at radius 2 is 2.29 bits per heavy atom. The lowest BCUT2D eigenvalue weighted by molar-refractivity contribution is -0.127. The average Bonchev–Trinajstić information content (AvgIpc) is 2.40. The maximum absolute atomic E-state index is 11.3. The smallest absolute Gasteiger partial charge is 0.225 e. The van der Waals surface area contributed by atoms with Gasteiger partial charge >= 0.3 is 0 Å². The molecular formula is C10H20N2O2. The van der Waals surface area contributed by atoms with Crippen LogP contribution in [0.1, 0.15) is 20.3 Å². The van der Waals surface area contributed by atoms with Gasteiger partial charge in [0, 0.05) is 25.7 Å². The van der Waals surface area contributed by atoms with Gasteiger partial charge in [-0.25, -0.2) is 0 Å². The van der Waals surface area contributed by atoms with Gasteiger partial charge in [-0.15, -0.1) is 0 Å². The van der Waals surface area contributed by atoms with E-state index in [0.717, 1.165) is 13.1 Å². The minimum absolute atomic E-state index is 0.0784. The number of aliphatic hydroxyl groups excluding tert-OH is 1. The molecule has 1 N–H and O–H groups in total. The summed E-state index contributed by atoms with van der Waals surface area (Å²) in [6.45, 7) is 6.35. The van der Waals surface area contributed by atoms with E-state index in [9.17, 15) is 9.90 Å². The Hall–Kier alpha value is -0.610. The van der Waals surface area contributed by atoms with Gasteiger partial charge in [-0.3, -0.25) is 4.79 Å². The molecule has 1 atom stereocenters. The zero-order valence-corrected chi connectivity index (χ0v) is 9.23. The lowest BCUT2D eigenvalue weighted by atomic mass is 10.3. The van der Waals surface area contributed by atoms with Crippen molar-refractivity contribution in [2.24, 2.45) is 0 Å². The predicted octanol–water partition coefficient (Wildman–Crippen LogP) is -0.0802. The number of carbonyl (C=O) groups is 1. The number of hydrogen-bond acceptors (Lipinski definition) is 3. The third kappa shape index (κ3) is 2.96. The van der Waals surface area contributed by atoms with E-state index < -0.39 is 6.10 Å². The van der Waals surface area contributed by atoms with Crippen LogP contribution in [-0.2, 0) is 4.79 Å². The van der Waals surface area contributed by atoms with E-state index in [1.54, 1.807) is 4.90 Å². The largest absolute Gasteiger partial charge is 0.391 e. The van der Waals surface area contributed by atoms with Crippen LogP contribution < -0.4 is 0 Å². The highest BCUT2D eigenvalue weighted by Crippen LogP contribution is 2.10. The van der Waals surface area contributed by atoms with Crippen LogP contribution in [0.15, 0.2) is 0 Å². The summed E-state index contributed by atoms with van der Waals surface area (Å²) in [6, 6.07) is 0.498. The van der Waals surface area contributed by atoms with Crippen LogP contribution in [0.25, 0.3) is 0 Å². The Balaban J connectivity index is 2.28. The number of carbonyl (C=O) groups excluding carboxylic acids is 1. The summed E-state index contributed by atoms with van der Waals surface area (Å²) in [5.41, 5.74) is 0. The van der Waals surface area contributed by atoms with Gasteiger partial charge in [0.05, 0.1) is 12.5 Å². The van der Waals surface area contributed by atoms with Crippen LogP contribution in [-0.4, -0.2) is 59.6 Å². The van der Waals surface area contributed by atoms with Crippen LogP contribution in [0.4, 0.5) is 0 Å². The van der Waals surface area contributed by atoms with Gasteiger partial charge in [-0.2, -0.15) is 0 Å². The normalized spacial score (nSPS) is 22.9. The fraction of sp³-hybridized carbons (Fsp3) is 0.900. The summed E-state index contributed by atoms with van der Waals surface area (Å²) < 4.78 is 0. The Labute approximate surface area is 85.5 Å². The average molecular weight is 200 g/mol. The van der Waals surface area contributed by atoms with Crippen molar-refractivity contribution in [1.29, 1.82) is 0 Å². The number of likely N-dealkylation sites (tertiary alicyclic amines) is 1. The first-order valence-corrected chi connectivity index (χ1v) is 5.16. The number of β-amino-alcohol motifs (C(OH)–C–C–N with tert-alkyl or cyclic N) is 1. The first-order chi connectivity index (χ1) is 6.50. The number of nitrogens with zero attached hydrogens (tertiary/aromatic N) is 2. The molecule has 0 aromatic carbocycles. The second-order valence-corrected chi connectivity index (χ2v) is 4.27. The highest BCUT2D eigenvalue weighted by Gasteiger charge is 2.27. The summed E-state index contributed by atoms with van der Waals surface area (Å²) in [5, 5.41) is 9.27. The van der Waals surface area contributed by atoms with Crippen molar-refractivity contribution in [2.75, 3.05) is 26.7 Å². The molecule has 1 saturated heterocycles. The van der Waals surface area contributed by atoms with Gasteiger partial charge in [0.1, 0.15) is 0 Å². The number of hydrogen-bond donors (Lipinski definition) is 1. The fourth-order valence-electron chi connectivity index (χ4n) is 1.50. The summed E-state index contributed by atoms with van der Waals surface area (Å²) in [7, 11) is 2.04. The molecule has 1 heterocycles. The van der Waals surface area contributed by atoms with Crippen LogP contribution >= 0.6 is 0 Å². The van der Waals surface area contributed by atoms with E-state index in [4.69, 9.17) is 0 Å². The summed E-state index contributed by atoms with van der Waals surface area (Å²) in [6.07, 6.45) is -0.155. The van der Waals surface area contributed by atoms with Crippen molar-refractivity contribution < 1.29 is 9.90 Å². The molecular weight excluding hydrogens is 180 g/mol. The Morgan fingerprint density at radius 1 is 1.64 bits per heavy atom. The zero-order chi connectivity index (χ0) is 10.7. The van der Waals surface area contributed by atoms with E-state index in [1.807, 2.05) is 7.05 Å². The Kier molecular flexibility index (Phi) is 3.89. The number of likely N-dealkylation sites (N-methyl/N-ethyl adjacent to an activating group) is 1. The topological polar surface area (TPSA) is 43.8 Å². The molecule has 14 heavy (non-hydrogen) atoms. The molecule has 0 bridgehead atoms. The van der Waals surface area contributed by atoms with E-state index in [0.29, 0.717) is 19.0 Å². The van der Waals surface area contributed by atoms with E-state index in [1.165, 1.54) is 0 Å². The summed E-state index contributed by atoms with van der Waals surface area (Å²) >= 11 is 0. The van der Waals surface area contributed by atoms with Crippen molar-refractivity contribution in [3.8, 4) is 0 Å². The quantitative estimate of drug-likeness (QED) is 0.690. The molecule has 0 saturated carbocycles. The van der Waals surface area contributed by atoms with Gasteiger partial charge in [0.25, 0.3) is 0 Å². The minimum Gasteiger partial charge on any atom is -0.391 e. The number of rotatable bonds is 4. The van der Waals surface area contributed by atoms with Crippen LogP contribution in [0.2, 0.25) is 0 Å².